The number of rotatable bonds is 3. The molecule has 0 saturated carbocycles. The van der Waals surface area contributed by atoms with E-state index in [0.717, 1.165) is 19.6 Å². The van der Waals surface area contributed by atoms with E-state index < -0.39 is 8.02 Å². The molecule has 7 heteroatoms. The molecule has 0 aliphatic rings. The Morgan fingerprint density at radius 1 is 0.688 bits per heavy atom. The first-order valence-corrected chi connectivity index (χ1v) is 9.96. The van der Waals surface area contributed by atoms with Gasteiger partial charge in [-0.2, -0.15) is 0 Å². The van der Waals surface area contributed by atoms with Crippen molar-refractivity contribution in [2.45, 2.75) is 19.6 Å². The summed E-state index contributed by atoms with van der Waals surface area (Å²) in [6.45, 7) is 3.08. The fourth-order valence-corrected chi connectivity index (χ4v) is 2.94. The zero-order chi connectivity index (χ0) is 13.8. The second-order valence-corrected chi connectivity index (χ2v) is 13.5. The molecule has 0 aliphatic carbocycles. The van der Waals surface area contributed by atoms with Gasteiger partial charge in [-0.3, -0.25) is 0 Å². The molecule has 102 valence electrons. The van der Waals surface area contributed by atoms with E-state index in [-0.39, 0.29) is 11.5 Å². The third-order valence-electron chi connectivity index (χ3n) is 0.980. The van der Waals surface area contributed by atoms with E-state index in [9.17, 15) is 8.22 Å². The molecule has 0 spiro atoms. The molecule has 0 N–H and O–H groups in total. The Hall–Kier alpha value is 0.307. The van der Waals surface area contributed by atoms with Gasteiger partial charge in [0.15, 0.2) is 0 Å². The average Bonchev–Trinajstić information content (AvgIpc) is 1.74. The van der Waals surface area contributed by atoms with Gasteiger partial charge in [-0.05, 0) is 0 Å². The van der Waals surface area contributed by atoms with Crippen molar-refractivity contribution in [3.8, 4) is 0 Å². The molecule has 0 bridgehead atoms. The molecule has 0 aromatic rings. The minimum absolute atomic E-state index is 0.120. The van der Waals surface area contributed by atoms with Gasteiger partial charge in [0.1, 0.15) is 0 Å². The molecule has 0 aromatic heterocycles. The summed E-state index contributed by atoms with van der Waals surface area (Å²) in [5, 5.41) is 0. The molecule has 3 nitrogen and oxygen atoms in total. The summed E-state index contributed by atoms with van der Waals surface area (Å²) in [7, 11) is 8.27. The van der Waals surface area contributed by atoms with Crippen LogP contribution < -0.4 is 0 Å². The molecule has 16 heavy (non-hydrogen) atoms. The molecular formula is C9H27F2N3SSi. The minimum atomic E-state index is -4.25. The third kappa shape index (κ3) is 16.7. The molecule has 0 fully saturated rings. The van der Waals surface area contributed by atoms with Crippen molar-refractivity contribution in [3.05, 3.63) is 0 Å². The van der Waals surface area contributed by atoms with Crippen molar-refractivity contribution in [1.82, 2.24) is 12.9 Å². The van der Waals surface area contributed by atoms with Crippen LogP contribution in [0.2, 0.25) is 19.6 Å². The molecule has 0 aromatic carbocycles. The number of hydrogen-bond acceptors (Lipinski definition) is 3. The average molecular weight is 275 g/mol. The quantitative estimate of drug-likeness (QED) is 0.444. The molecular weight excluding hydrogens is 248 g/mol. The van der Waals surface area contributed by atoms with Crippen molar-refractivity contribution in [3.63, 3.8) is 0 Å². The zero-order valence-corrected chi connectivity index (χ0v) is 13.8. The zero-order valence-electron chi connectivity index (χ0n) is 12.0. The van der Waals surface area contributed by atoms with Gasteiger partial charge in [-0.15, -0.1) is 0 Å². The molecule has 0 aliphatic heterocycles. The van der Waals surface area contributed by atoms with Crippen LogP contribution in [0.5, 0.6) is 0 Å². The van der Waals surface area contributed by atoms with E-state index in [1.165, 1.54) is 0 Å². The predicted molar refractivity (Wildman–Crippen MR) is 74.0 cm³/mol. The van der Waals surface area contributed by atoms with Crippen LogP contribution in [0.4, 0.5) is 8.22 Å². The SMILES string of the molecule is CN(C)[S+](N(C)C)N(C)C.C[Si-](C)(C)(F)F. The van der Waals surface area contributed by atoms with E-state index in [4.69, 9.17) is 0 Å². The maximum atomic E-state index is 11.9. The van der Waals surface area contributed by atoms with Crippen molar-refractivity contribution in [2.75, 3.05) is 42.3 Å². The molecule has 0 atom stereocenters. The topological polar surface area (TPSA) is 9.72 Å². The molecule has 0 rings (SSSR count). The monoisotopic (exact) mass is 275 g/mol. The molecule has 0 unspecified atom stereocenters. The second kappa shape index (κ2) is 6.30. The van der Waals surface area contributed by atoms with E-state index in [0.29, 0.717) is 0 Å². The van der Waals surface area contributed by atoms with Crippen LogP contribution in [0.1, 0.15) is 0 Å². The molecule has 0 radical (unpaired) electrons. The van der Waals surface area contributed by atoms with Gasteiger partial charge in [-0.1, -0.05) is 12.9 Å². The van der Waals surface area contributed by atoms with E-state index in [1.54, 1.807) is 0 Å². The van der Waals surface area contributed by atoms with E-state index in [1.807, 2.05) is 0 Å². The first kappa shape index (κ1) is 18.7. The van der Waals surface area contributed by atoms with Crippen LogP contribution >= 0.6 is 0 Å². The van der Waals surface area contributed by atoms with Gasteiger partial charge < -0.3 is 0 Å². The van der Waals surface area contributed by atoms with E-state index in [2.05, 4.69) is 55.2 Å². The first-order valence-electron chi connectivity index (χ1n) is 5.11. The standard InChI is InChI=1S/C6H18N3S.C3H9F2Si/c1-7(2)10(8(3)4)9(5)6;1-6(2,3,4)5/h1-6H3;1-3H3/q+1;-1. The Morgan fingerprint density at radius 3 is 0.812 bits per heavy atom. The van der Waals surface area contributed by atoms with Crippen molar-refractivity contribution in [2.24, 2.45) is 0 Å². The van der Waals surface area contributed by atoms with Gasteiger partial charge in [0.2, 0.25) is 0 Å². The van der Waals surface area contributed by atoms with Crippen molar-refractivity contribution in [1.29, 1.82) is 0 Å². The van der Waals surface area contributed by atoms with Crippen LogP contribution in [0.3, 0.4) is 0 Å². The number of nitrogens with zero attached hydrogens (tertiary/aromatic N) is 3. The Kier molecular flexibility index (Phi) is 7.35. The van der Waals surface area contributed by atoms with Gasteiger partial charge in [0, 0.05) is 42.3 Å². The van der Waals surface area contributed by atoms with Gasteiger partial charge in [0.05, 0.1) is 0 Å². The van der Waals surface area contributed by atoms with Crippen LogP contribution in [-0.4, -0.2) is 63.2 Å². The van der Waals surface area contributed by atoms with Crippen molar-refractivity contribution < 1.29 is 8.22 Å². The van der Waals surface area contributed by atoms with Crippen molar-refractivity contribution >= 4 is 19.5 Å². The van der Waals surface area contributed by atoms with Gasteiger partial charge >= 0.3 is 35.9 Å². The van der Waals surface area contributed by atoms with Crippen LogP contribution in [0.25, 0.3) is 0 Å². The van der Waals surface area contributed by atoms with Gasteiger partial charge in [-0.25, -0.2) is 0 Å². The Labute approximate surface area is 103 Å². The summed E-state index contributed by atoms with van der Waals surface area (Å²) in [5.41, 5.74) is 0. The number of hydrogen-bond donors (Lipinski definition) is 0. The van der Waals surface area contributed by atoms with Crippen LogP contribution in [0, 0.1) is 0 Å². The first-order chi connectivity index (χ1) is 6.70. The normalized spacial score (nSPS) is 15.1. The summed E-state index contributed by atoms with van der Waals surface area (Å²) >= 11 is 0.120. The Morgan fingerprint density at radius 2 is 0.812 bits per heavy atom. The summed E-state index contributed by atoms with van der Waals surface area (Å²) in [4.78, 5) is 0. The maximum absolute atomic E-state index is 11.9. The molecule has 0 saturated heterocycles. The number of halogens is 2. The summed E-state index contributed by atoms with van der Waals surface area (Å²) < 4.78 is 30.3. The fourth-order valence-electron chi connectivity index (χ4n) is 0.980. The van der Waals surface area contributed by atoms with E-state index >= 15 is 0 Å². The third-order valence-corrected chi connectivity index (χ3v) is 2.94. The molecule has 0 heterocycles. The summed E-state index contributed by atoms with van der Waals surface area (Å²) in [6, 6.07) is 0. The van der Waals surface area contributed by atoms with Crippen LogP contribution in [0.15, 0.2) is 0 Å². The second-order valence-electron chi connectivity index (χ2n) is 5.39. The fraction of sp³-hybridized carbons (Fsp3) is 1.00. The Bertz CT molecular complexity index is 167. The Balaban J connectivity index is 0. The summed E-state index contributed by atoms with van der Waals surface area (Å²) in [6.07, 6.45) is 0. The summed E-state index contributed by atoms with van der Waals surface area (Å²) in [5.74, 6) is 0. The predicted octanol–water partition coefficient (Wildman–Crippen LogP) is 2.25. The van der Waals surface area contributed by atoms with Gasteiger partial charge in [0.25, 0.3) is 11.5 Å². The van der Waals surface area contributed by atoms with Crippen LogP contribution in [-0.2, 0) is 11.5 Å². The molecule has 0 amide bonds.